The zero-order valence-electron chi connectivity index (χ0n) is 19.8. The Morgan fingerprint density at radius 1 is 0.938 bits per heavy atom. The quantitative estimate of drug-likeness (QED) is 0.409. The molecule has 0 atom stereocenters. The average molecular weight is 442 g/mol. The Morgan fingerprint density at radius 3 is 2.34 bits per heavy atom. The molecule has 0 heterocycles. The molecule has 2 aromatic carbocycles. The number of methoxy groups -OCH3 is 3. The summed E-state index contributed by atoms with van der Waals surface area (Å²) >= 11 is 0. The van der Waals surface area contributed by atoms with Crippen LogP contribution in [-0.2, 0) is 13.0 Å². The van der Waals surface area contributed by atoms with Gasteiger partial charge in [0, 0.05) is 31.3 Å². The Balaban J connectivity index is 1.56. The van der Waals surface area contributed by atoms with Crippen molar-refractivity contribution in [2.75, 3.05) is 41.5 Å². The van der Waals surface area contributed by atoms with Crippen LogP contribution in [0, 0.1) is 12.8 Å². The van der Waals surface area contributed by atoms with E-state index in [0.717, 1.165) is 41.8 Å². The molecule has 0 radical (unpaired) electrons. The van der Waals surface area contributed by atoms with Crippen molar-refractivity contribution in [3.05, 3.63) is 47.0 Å². The van der Waals surface area contributed by atoms with Gasteiger partial charge in [-0.1, -0.05) is 18.2 Å². The summed E-state index contributed by atoms with van der Waals surface area (Å²) < 4.78 is 22.5. The first-order valence-electron chi connectivity index (χ1n) is 11.0. The molecule has 0 spiro atoms. The van der Waals surface area contributed by atoms with Gasteiger partial charge in [0.05, 0.1) is 27.9 Å². The van der Waals surface area contributed by atoms with Gasteiger partial charge < -0.3 is 29.6 Å². The summed E-state index contributed by atoms with van der Waals surface area (Å²) in [6.45, 7) is 4.21. The molecule has 174 valence electrons. The molecule has 0 unspecified atom stereocenters. The van der Waals surface area contributed by atoms with Gasteiger partial charge in [0.2, 0.25) is 5.75 Å². The van der Waals surface area contributed by atoms with Gasteiger partial charge in [-0.05, 0) is 49.8 Å². The van der Waals surface area contributed by atoms with E-state index < -0.39 is 0 Å². The highest BCUT2D eigenvalue weighted by atomic mass is 16.5. The molecule has 0 aromatic heterocycles. The van der Waals surface area contributed by atoms with Crippen LogP contribution in [0.2, 0.25) is 0 Å². The molecule has 32 heavy (non-hydrogen) atoms. The zero-order chi connectivity index (χ0) is 22.9. The summed E-state index contributed by atoms with van der Waals surface area (Å²) in [5.41, 5.74) is 3.36. The summed E-state index contributed by atoms with van der Waals surface area (Å²) in [4.78, 5) is 4.35. The normalized spacial score (nSPS) is 13.5. The lowest BCUT2D eigenvalue weighted by Crippen LogP contribution is -2.38. The Morgan fingerprint density at radius 2 is 1.69 bits per heavy atom. The third-order valence-electron chi connectivity index (χ3n) is 5.54. The Kier molecular flexibility index (Phi) is 8.48. The predicted octanol–water partition coefficient (Wildman–Crippen LogP) is 3.72. The van der Waals surface area contributed by atoms with Gasteiger partial charge in [-0.15, -0.1) is 0 Å². The van der Waals surface area contributed by atoms with Crippen LogP contribution in [0.15, 0.2) is 35.3 Å². The molecule has 0 aliphatic heterocycles. The van der Waals surface area contributed by atoms with Gasteiger partial charge in [-0.3, -0.25) is 4.99 Å². The van der Waals surface area contributed by atoms with Gasteiger partial charge in [0.1, 0.15) is 5.75 Å². The van der Waals surface area contributed by atoms with Crippen LogP contribution in [0.25, 0.3) is 0 Å². The fourth-order valence-corrected chi connectivity index (χ4v) is 3.51. The zero-order valence-corrected chi connectivity index (χ0v) is 19.8. The van der Waals surface area contributed by atoms with Crippen molar-refractivity contribution in [2.24, 2.45) is 10.9 Å². The summed E-state index contributed by atoms with van der Waals surface area (Å²) in [5.74, 6) is 4.35. The van der Waals surface area contributed by atoms with E-state index in [9.17, 15) is 0 Å². The first-order chi connectivity index (χ1) is 15.6. The molecule has 1 saturated carbocycles. The summed E-state index contributed by atoms with van der Waals surface area (Å²) in [5, 5.41) is 6.75. The first kappa shape index (κ1) is 23.6. The smallest absolute Gasteiger partial charge is 0.203 e. The number of benzene rings is 2. The van der Waals surface area contributed by atoms with E-state index in [4.69, 9.17) is 18.9 Å². The molecule has 1 aliphatic rings. The fourth-order valence-electron chi connectivity index (χ4n) is 3.51. The molecular formula is C25H35N3O4. The number of aryl methyl sites for hydroxylation is 1. The van der Waals surface area contributed by atoms with Crippen LogP contribution < -0.4 is 29.6 Å². The molecule has 3 rings (SSSR count). The molecule has 0 bridgehead atoms. The van der Waals surface area contributed by atoms with Crippen LogP contribution in [-0.4, -0.2) is 47.5 Å². The maximum absolute atomic E-state index is 6.08. The predicted molar refractivity (Wildman–Crippen MR) is 127 cm³/mol. The van der Waals surface area contributed by atoms with Crippen LogP contribution in [0.5, 0.6) is 23.0 Å². The van der Waals surface area contributed by atoms with Gasteiger partial charge in [0.15, 0.2) is 17.5 Å². The first-order valence-corrected chi connectivity index (χ1v) is 11.0. The van der Waals surface area contributed by atoms with Gasteiger partial charge >= 0.3 is 0 Å². The van der Waals surface area contributed by atoms with E-state index in [0.29, 0.717) is 30.3 Å². The number of hydrogen-bond acceptors (Lipinski definition) is 5. The summed E-state index contributed by atoms with van der Waals surface area (Å²) in [6, 6.07) is 10.2. The number of aliphatic imine (C=N–C) groups is 1. The highest BCUT2D eigenvalue weighted by Crippen LogP contribution is 2.39. The van der Waals surface area contributed by atoms with Gasteiger partial charge in [0.25, 0.3) is 0 Å². The van der Waals surface area contributed by atoms with Gasteiger partial charge in [-0.25, -0.2) is 0 Å². The second-order valence-corrected chi connectivity index (χ2v) is 7.96. The maximum Gasteiger partial charge on any atom is 0.203 e. The Bertz CT molecular complexity index is 926. The van der Waals surface area contributed by atoms with Crippen LogP contribution >= 0.6 is 0 Å². The highest BCUT2D eigenvalue weighted by Gasteiger charge is 2.22. The van der Waals surface area contributed by atoms with Gasteiger partial charge in [-0.2, -0.15) is 0 Å². The standard InChI is InChI=1S/C25H35N3O4/c1-17-6-9-20(22(14-17)32-16-18-7-8-18)15-28-25(26-2)27-13-12-19-10-11-21(29-3)24(31-5)23(19)30-4/h6,9-11,14,18H,7-8,12-13,15-16H2,1-5H3,(H2,26,27,28). The molecule has 1 aliphatic carbocycles. The van der Waals surface area contributed by atoms with Crippen molar-refractivity contribution >= 4 is 5.96 Å². The molecule has 1 fully saturated rings. The molecular weight excluding hydrogens is 406 g/mol. The number of nitrogens with one attached hydrogen (secondary N) is 2. The molecule has 0 saturated heterocycles. The summed E-state index contributed by atoms with van der Waals surface area (Å²) in [7, 11) is 6.64. The average Bonchev–Trinajstić information content (AvgIpc) is 3.64. The lowest BCUT2D eigenvalue weighted by Gasteiger charge is -2.17. The second kappa shape index (κ2) is 11.5. The monoisotopic (exact) mass is 441 g/mol. The minimum atomic E-state index is 0.605. The molecule has 7 nitrogen and oxygen atoms in total. The van der Waals surface area contributed by atoms with Crippen LogP contribution in [0.3, 0.4) is 0 Å². The van der Waals surface area contributed by atoms with E-state index >= 15 is 0 Å². The van der Waals surface area contributed by atoms with E-state index in [1.807, 2.05) is 12.1 Å². The fraction of sp³-hybridized carbons (Fsp3) is 0.480. The molecule has 2 N–H and O–H groups in total. The lowest BCUT2D eigenvalue weighted by molar-refractivity contribution is 0.296. The number of ether oxygens (including phenoxy) is 4. The molecule has 0 amide bonds. The number of rotatable bonds is 11. The van der Waals surface area contributed by atoms with Crippen molar-refractivity contribution in [3.8, 4) is 23.0 Å². The third kappa shape index (κ3) is 6.22. The van der Waals surface area contributed by atoms with Crippen molar-refractivity contribution in [3.63, 3.8) is 0 Å². The Labute approximate surface area is 191 Å². The Hall–Kier alpha value is -3.09. The number of nitrogens with zero attached hydrogens (tertiary/aromatic N) is 1. The maximum atomic E-state index is 6.08. The van der Waals surface area contributed by atoms with E-state index in [-0.39, 0.29) is 0 Å². The van der Waals surface area contributed by atoms with E-state index in [1.54, 1.807) is 28.4 Å². The van der Waals surface area contributed by atoms with Crippen LogP contribution in [0.1, 0.15) is 29.5 Å². The summed E-state index contributed by atoms with van der Waals surface area (Å²) in [6.07, 6.45) is 3.30. The second-order valence-electron chi connectivity index (χ2n) is 7.96. The largest absolute Gasteiger partial charge is 0.493 e. The van der Waals surface area contributed by atoms with Crippen molar-refractivity contribution < 1.29 is 18.9 Å². The minimum Gasteiger partial charge on any atom is -0.493 e. The van der Waals surface area contributed by atoms with Crippen molar-refractivity contribution in [1.29, 1.82) is 0 Å². The van der Waals surface area contributed by atoms with Crippen molar-refractivity contribution in [1.82, 2.24) is 10.6 Å². The lowest BCUT2D eigenvalue weighted by atomic mass is 10.1. The minimum absolute atomic E-state index is 0.605. The van der Waals surface area contributed by atoms with Crippen LogP contribution in [0.4, 0.5) is 0 Å². The topological polar surface area (TPSA) is 73.3 Å². The SMILES string of the molecule is CN=C(NCCc1ccc(OC)c(OC)c1OC)NCc1ccc(C)cc1OCC1CC1. The van der Waals surface area contributed by atoms with E-state index in [2.05, 4.69) is 40.7 Å². The molecule has 2 aromatic rings. The number of guanidine groups is 1. The van der Waals surface area contributed by atoms with E-state index in [1.165, 1.54) is 18.4 Å². The molecule has 7 heteroatoms. The third-order valence-corrected chi connectivity index (χ3v) is 5.54. The highest BCUT2D eigenvalue weighted by molar-refractivity contribution is 5.79. The number of hydrogen-bond donors (Lipinski definition) is 2. The van der Waals surface area contributed by atoms with Crippen molar-refractivity contribution in [2.45, 2.75) is 32.7 Å².